The Morgan fingerprint density at radius 3 is 2.00 bits per heavy atom. The van der Waals surface area contributed by atoms with E-state index in [9.17, 15) is 14.7 Å². The topological polar surface area (TPSA) is 87.7 Å². The fourth-order valence-electron chi connectivity index (χ4n) is 2.70. The van der Waals surface area contributed by atoms with E-state index in [1.165, 1.54) is 0 Å². The Kier molecular flexibility index (Phi) is 11.1. The molecule has 1 aromatic rings. The van der Waals surface area contributed by atoms with Crippen LogP contribution in [0.4, 0.5) is 4.79 Å². The minimum absolute atomic E-state index is 0.0706. The maximum atomic E-state index is 11.8. The molecule has 0 saturated carbocycles. The molecular formula is C22H36N2O4. The van der Waals surface area contributed by atoms with Crippen LogP contribution in [-0.4, -0.2) is 35.8 Å². The van der Waals surface area contributed by atoms with Crippen LogP contribution < -0.4 is 10.6 Å². The first kappa shape index (κ1) is 23.8. The van der Waals surface area contributed by atoms with Crippen LogP contribution in [0.3, 0.4) is 0 Å². The summed E-state index contributed by atoms with van der Waals surface area (Å²) in [7, 11) is 0. The number of alkyl carbamates (subject to hydrolysis) is 1. The number of amides is 2. The number of phenolic OH excluding ortho intramolecular Hbond substituents is 1. The highest BCUT2D eigenvalue weighted by molar-refractivity contribution is 5.76. The summed E-state index contributed by atoms with van der Waals surface area (Å²) in [5.74, 6) is 0.314. The first-order chi connectivity index (χ1) is 13.3. The van der Waals surface area contributed by atoms with E-state index in [4.69, 9.17) is 4.74 Å². The SMILES string of the molecule is CC(C)(C)OC(=O)NCCCCCCCCNC(=O)CCc1ccc(O)cc1. The standard InChI is InChI=1S/C22H36N2O4/c1-22(2,3)28-21(27)24-17-9-7-5-4-6-8-16-23-20(26)15-12-18-10-13-19(25)14-11-18/h10-11,13-14,25H,4-9,12,15-17H2,1-3H3,(H,23,26)(H,24,27). The van der Waals surface area contributed by atoms with Crippen molar-refractivity contribution in [2.24, 2.45) is 0 Å². The predicted octanol–water partition coefficient (Wildman–Crippen LogP) is 4.31. The molecule has 2 amide bonds. The summed E-state index contributed by atoms with van der Waals surface area (Å²) in [6.07, 6.45) is 7.18. The Bertz CT molecular complexity index is 579. The van der Waals surface area contributed by atoms with E-state index in [-0.39, 0.29) is 17.7 Å². The average Bonchev–Trinajstić information content (AvgIpc) is 2.61. The minimum atomic E-state index is -0.453. The van der Waals surface area contributed by atoms with Gasteiger partial charge in [0.1, 0.15) is 11.4 Å². The van der Waals surface area contributed by atoms with Crippen molar-refractivity contribution in [3.05, 3.63) is 29.8 Å². The molecule has 0 fully saturated rings. The van der Waals surface area contributed by atoms with Gasteiger partial charge in [-0.25, -0.2) is 4.79 Å². The first-order valence-corrected chi connectivity index (χ1v) is 10.3. The number of aromatic hydroxyl groups is 1. The summed E-state index contributed by atoms with van der Waals surface area (Å²) in [6, 6.07) is 6.96. The smallest absolute Gasteiger partial charge is 0.407 e. The van der Waals surface area contributed by atoms with Crippen LogP contribution in [0.5, 0.6) is 5.75 Å². The number of phenols is 1. The molecule has 0 aromatic heterocycles. The number of aryl methyl sites for hydroxylation is 1. The van der Waals surface area contributed by atoms with E-state index in [2.05, 4.69) is 10.6 Å². The normalized spacial score (nSPS) is 11.1. The molecule has 0 spiro atoms. The number of ether oxygens (including phenoxy) is 1. The van der Waals surface area contributed by atoms with Gasteiger partial charge in [0.2, 0.25) is 5.91 Å². The Balaban J connectivity index is 1.90. The molecule has 0 atom stereocenters. The van der Waals surface area contributed by atoms with E-state index in [1.54, 1.807) is 12.1 Å². The van der Waals surface area contributed by atoms with E-state index < -0.39 is 5.60 Å². The Labute approximate surface area is 169 Å². The molecule has 0 radical (unpaired) electrons. The highest BCUT2D eigenvalue weighted by Crippen LogP contribution is 2.11. The molecule has 3 N–H and O–H groups in total. The number of unbranched alkanes of at least 4 members (excludes halogenated alkanes) is 5. The van der Waals surface area contributed by atoms with Gasteiger partial charge in [-0.05, 0) is 57.7 Å². The van der Waals surface area contributed by atoms with Gasteiger partial charge in [-0.1, -0.05) is 37.8 Å². The highest BCUT2D eigenvalue weighted by atomic mass is 16.6. The predicted molar refractivity (Wildman–Crippen MR) is 111 cm³/mol. The fourth-order valence-corrected chi connectivity index (χ4v) is 2.70. The third kappa shape index (κ3) is 13.0. The van der Waals surface area contributed by atoms with Crippen molar-refractivity contribution in [1.29, 1.82) is 0 Å². The van der Waals surface area contributed by atoms with E-state index in [0.717, 1.165) is 44.1 Å². The van der Waals surface area contributed by atoms with E-state index in [1.807, 2.05) is 32.9 Å². The summed E-state index contributed by atoms with van der Waals surface area (Å²) >= 11 is 0. The molecule has 0 heterocycles. The van der Waals surface area contributed by atoms with Gasteiger partial charge in [0.05, 0.1) is 0 Å². The third-order valence-corrected chi connectivity index (χ3v) is 4.17. The van der Waals surface area contributed by atoms with Crippen LogP contribution >= 0.6 is 0 Å². The lowest BCUT2D eigenvalue weighted by atomic mass is 10.1. The second-order valence-electron chi connectivity index (χ2n) is 8.07. The molecule has 0 bridgehead atoms. The van der Waals surface area contributed by atoms with Crippen LogP contribution in [0.2, 0.25) is 0 Å². The largest absolute Gasteiger partial charge is 0.508 e. The summed E-state index contributed by atoms with van der Waals surface area (Å²) in [5.41, 5.74) is 0.597. The summed E-state index contributed by atoms with van der Waals surface area (Å²) < 4.78 is 5.18. The van der Waals surface area contributed by atoms with Crippen molar-refractivity contribution in [2.75, 3.05) is 13.1 Å². The van der Waals surface area contributed by atoms with Crippen LogP contribution in [0, 0.1) is 0 Å². The quantitative estimate of drug-likeness (QED) is 0.463. The lowest BCUT2D eigenvalue weighted by Gasteiger charge is -2.19. The van der Waals surface area contributed by atoms with E-state index >= 15 is 0 Å². The zero-order valence-corrected chi connectivity index (χ0v) is 17.6. The van der Waals surface area contributed by atoms with Gasteiger partial charge in [0.15, 0.2) is 0 Å². The lowest BCUT2D eigenvalue weighted by molar-refractivity contribution is -0.121. The summed E-state index contributed by atoms with van der Waals surface area (Å²) in [6.45, 7) is 6.92. The number of benzene rings is 1. The number of carbonyl (C=O) groups is 2. The molecular weight excluding hydrogens is 356 g/mol. The van der Waals surface area contributed by atoms with Crippen molar-refractivity contribution in [2.45, 2.75) is 77.7 Å². The van der Waals surface area contributed by atoms with Gasteiger partial charge >= 0.3 is 6.09 Å². The maximum absolute atomic E-state index is 11.8. The van der Waals surface area contributed by atoms with Gasteiger partial charge in [0, 0.05) is 19.5 Å². The van der Waals surface area contributed by atoms with Crippen molar-refractivity contribution in [3.8, 4) is 5.75 Å². The zero-order valence-electron chi connectivity index (χ0n) is 17.6. The number of hydrogen-bond donors (Lipinski definition) is 3. The van der Waals surface area contributed by atoms with Gasteiger partial charge in [-0.15, -0.1) is 0 Å². The third-order valence-electron chi connectivity index (χ3n) is 4.17. The number of hydrogen-bond acceptors (Lipinski definition) is 4. The van der Waals surface area contributed by atoms with Crippen molar-refractivity contribution < 1.29 is 19.4 Å². The van der Waals surface area contributed by atoms with Crippen LogP contribution in [0.15, 0.2) is 24.3 Å². The van der Waals surface area contributed by atoms with Crippen molar-refractivity contribution >= 4 is 12.0 Å². The first-order valence-electron chi connectivity index (χ1n) is 10.3. The zero-order chi connectivity index (χ0) is 20.8. The Morgan fingerprint density at radius 2 is 1.43 bits per heavy atom. The molecule has 0 aliphatic rings. The minimum Gasteiger partial charge on any atom is -0.508 e. The van der Waals surface area contributed by atoms with Gasteiger partial charge in [0.25, 0.3) is 0 Å². The Hall–Kier alpha value is -2.24. The molecule has 0 aliphatic carbocycles. The molecule has 0 aliphatic heterocycles. The van der Waals surface area contributed by atoms with Gasteiger partial charge in [-0.3, -0.25) is 4.79 Å². The summed E-state index contributed by atoms with van der Waals surface area (Å²) in [4.78, 5) is 23.3. The molecule has 158 valence electrons. The number of nitrogens with one attached hydrogen (secondary N) is 2. The van der Waals surface area contributed by atoms with Crippen LogP contribution in [-0.2, 0) is 16.0 Å². The molecule has 28 heavy (non-hydrogen) atoms. The van der Waals surface area contributed by atoms with Crippen LogP contribution in [0.1, 0.15) is 71.3 Å². The van der Waals surface area contributed by atoms with Gasteiger partial charge in [-0.2, -0.15) is 0 Å². The Morgan fingerprint density at radius 1 is 0.893 bits per heavy atom. The van der Waals surface area contributed by atoms with Crippen LogP contribution in [0.25, 0.3) is 0 Å². The molecule has 0 saturated heterocycles. The molecule has 6 heteroatoms. The molecule has 1 aromatic carbocycles. The van der Waals surface area contributed by atoms with E-state index in [0.29, 0.717) is 25.9 Å². The maximum Gasteiger partial charge on any atom is 0.407 e. The molecule has 6 nitrogen and oxygen atoms in total. The van der Waals surface area contributed by atoms with Crippen molar-refractivity contribution in [1.82, 2.24) is 10.6 Å². The van der Waals surface area contributed by atoms with Crippen molar-refractivity contribution in [3.63, 3.8) is 0 Å². The fraction of sp³-hybridized carbons (Fsp3) is 0.636. The molecule has 0 unspecified atom stereocenters. The monoisotopic (exact) mass is 392 g/mol. The number of rotatable bonds is 12. The average molecular weight is 393 g/mol. The number of carbonyl (C=O) groups excluding carboxylic acids is 2. The summed E-state index contributed by atoms with van der Waals surface area (Å²) in [5, 5.41) is 15.0. The second kappa shape index (κ2) is 13.0. The highest BCUT2D eigenvalue weighted by Gasteiger charge is 2.15. The second-order valence-corrected chi connectivity index (χ2v) is 8.07. The van der Waals surface area contributed by atoms with Gasteiger partial charge < -0.3 is 20.5 Å². The molecule has 1 rings (SSSR count). The lowest BCUT2D eigenvalue weighted by Crippen LogP contribution is -2.32.